The number of benzene rings is 2. The van der Waals surface area contributed by atoms with E-state index < -0.39 is 0 Å². The van der Waals surface area contributed by atoms with Crippen molar-refractivity contribution in [3.63, 3.8) is 0 Å². The van der Waals surface area contributed by atoms with Crippen LogP contribution in [0.4, 0.5) is 11.4 Å². The SMILES string of the molecule is Cc1cc(/C=C2\SC(=Nc3ccccc3)N([C@H]3CCCC[C@@H]3C)C2=O)c(C)n1-c1cccc([N+](=O)[O-])c1. The van der Waals surface area contributed by atoms with E-state index in [1.165, 1.54) is 24.2 Å². The summed E-state index contributed by atoms with van der Waals surface area (Å²) in [5.41, 5.74) is 4.38. The van der Waals surface area contributed by atoms with Crippen molar-refractivity contribution in [1.29, 1.82) is 0 Å². The Morgan fingerprint density at radius 3 is 2.54 bits per heavy atom. The Morgan fingerprint density at radius 2 is 1.81 bits per heavy atom. The summed E-state index contributed by atoms with van der Waals surface area (Å²) in [6, 6.07) is 18.5. The third kappa shape index (κ3) is 4.98. The minimum absolute atomic E-state index is 0.00131. The van der Waals surface area contributed by atoms with Gasteiger partial charge in [0.05, 0.1) is 21.2 Å². The van der Waals surface area contributed by atoms with Crippen LogP contribution in [0.25, 0.3) is 11.8 Å². The number of aryl methyl sites for hydroxylation is 1. The Kier molecular flexibility index (Phi) is 7.02. The van der Waals surface area contributed by atoms with E-state index in [0.717, 1.165) is 52.8 Å². The predicted octanol–water partition coefficient (Wildman–Crippen LogP) is 7.19. The molecule has 1 aromatic heterocycles. The van der Waals surface area contributed by atoms with E-state index in [0.29, 0.717) is 10.8 Å². The molecule has 0 N–H and O–H groups in total. The van der Waals surface area contributed by atoms with Gasteiger partial charge in [-0.05, 0) is 80.3 Å². The zero-order chi connectivity index (χ0) is 26.1. The fourth-order valence-corrected chi connectivity index (χ4v) is 6.40. The first-order chi connectivity index (χ1) is 17.8. The van der Waals surface area contributed by atoms with Crippen LogP contribution in [-0.2, 0) is 4.79 Å². The molecule has 3 aromatic rings. The number of hydrogen-bond acceptors (Lipinski definition) is 5. The van der Waals surface area contributed by atoms with Crippen LogP contribution >= 0.6 is 11.8 Å². The predicted molar refractivity (Wildman–Crippen MR) is 149 cm³/mol. The number of nitro groups is 1. The van der Waals surface area contributed by atoms with Gasteiger partial charge in [-0.25, -0.2) is 4.99 Å². The smallest absolute Gasteiger partial charge is 0.271 e. The second kappa shape index (κ2) is 10.4. The van der Waals surface area contributed by atoms with Gasteiger partial charge in [-0.15, -0.1) is 0 Å². The van der Waals surface area contributed by atoms with Crippen molar-refractivity contribution >= 4 is 40.3 Å². The maximum absolute atomic E-state index is 13.8. The molecule has 5 rings (SSSR count). The van der Waals surface area contributed by atoms with Crippen molar-refractivity contribution in [2.45, 2.75) is 52.5 Å². The van der Waals surface area contributed by atoms with Gasteiger partial charge in [0.15, 0.2) is 5.17 Å². The summed E-state index contributed by atoms with van der Waals surface area (Å²) >= 11 is 1.43. The Bertz CT molecular complexity index is 1410. The van der Waals surface area contributed by atoms with E-state index in [9.17, 15) is 14.9 Å². The summed E-state index contributed by atoms with van der Waals surface area (Å²) in [5, 5.41) is 12.0. The molecule has 2 heterocycles. The fourth-order valence-electron chi connectivity index (χ4n) is 5.37. The molecule has 8 heteroatoms. The molecule has 190 valence electrons. The average Bonchev–Trinajstić information content (AvgIpc) is 3.34. The second-order valence-corrected chi connectivity index (χ2v) is 10.8. The number of carbonyl (C=O) groups is 1. The number of hydrogen-bond donors (Lipinski definition) is 0. The number of thioether (sulfide) groups is 1. The molecule has 37 heavy (non-hydrogen) atoms. The van der Waals surface area contributed by atoms with Gasteiger partial charge in [0.25, 0.3) is 11.6 Å². The van der Waals surface area contributed by atoms with Gasteiger partial charge in [-0.2, -0.15) is 0 Å². The molecule has 1 aliphatic heterocycles. The van der Waals surface area contributed by atoms with Crippen LogP contribution < -0.4 is 0 Å². The van der Waals surface area contributed by atoms with E-state index in [1.807, 2.05) is 71.9 Å². The van der Waals surface area contributed by atoms with Crippen molar-refractivity contribution in [2.75, 3.05) is 0 Å². The quantitative estimate of drug-likeness (QED) is 0.205. The first kappa shape index (κ1) is 25.0. The van der Waals surface area contributed by atoms with E-state index in [-0.39, 0.29) is 22.6 Å². The first-order valence-electron chi connectivity index (χ1n) is 12.6. The van der Waals surface area contributed by atoms with Gasteiger partial charge in [-0.3, -0.25) is 19.8 Å². The van der Waals surface area contributed by atoms with Crippen molar-refractivity contribution < 1.29 is 9.72 Å². The van der Waals surface area contributed by atoms with E-state index in [4.69, 9.17) is 4.99 Å². The molecule has 1 amide bonds. The summed E-state index contributed by atoms with van der Waals surface area (Å²) in [6.07, 6.45) is 6.35. The molecule has 1 saturated carbocycles. The Balaban J connectivity index is 1.54. The molecule has 1 saturated heterocycles. The van der Waals surface area contributed by atoms with E-state index >= 15 is 0 Å². The number of carbonyl (C=O) groups excluding carboxylic acids is 1. The number of aliphatic imine (C=N–C) groups is 1. The Labute approximate surface area is 221 Å². The summed E-state index contributed by atoms with van der Waals surface area (Å²) in [7, 11) is 0. The topological polar surface area (TPSA) is 80.7 Å². The molecule has 2 aromatic carbocycles. The fraction of sp³-hybridized carbons (Fsp3) is 0.310. The van der Waals surface area contributed by atoms with Crippen LogP contribution in [0.5, 0.6) is 0 Å². The van der Waals surface area contributed by atoms with Crippen LogP contribution in [0, 0.1) is 29.9 Å². The number of amidine groups is 1. The maximum Gasteiger partial charge on any atom is 0.271 e. The van der Waals surface area contributed by atoms with Gasteiger partial charge in [0.2, 0.25) is 0 Å². The van der Waals surface area contributed by atoms with Gasteiger partial charge in [0, 0.05) is 29.6 Å². The number of rotatable bonds is 5. The van der Waals surface area contributed by atoms with Gasteiger partial charge < -0.3 is 4.57 Å². The normalized spacial score (nSPS) is 22.2. The lowest BCUT2D eigenvalue weighted by molar-refractivity contribution is -0.384. The molecule has 2 atom stereocenters. The maximum atomic E-state index is 13.8. The van der Waals surface area contributed by atoms with E-state index in [1.54, 1.807) is 12.1 Å². The van der Waals surface area contributed by atoms with Crippen LogP contribution in [0.15, 0.2) is 70.6 Å². The zero-order valence-corrected chi connectivity index (χ0v) is 22.1. The highest BCUT2D eigenvalue weighted by Crippen LogP contribution is 2.40. The molecule has 0 unspecified atom stereocenters. The number of non-ortho nitro benzene ring substituents is 1. The highest BCUT2D eigenvalue weighted by atomic mass is 32.2. The molecular weight excluding hydrogens is 484 g/mol. The molecule has 0 spiro atoms. The molecule has 0 radical (unpaired) electrons. The van der Waals surface area contributed by atoms with Crippen LogP contribution in [0.3, 0.4) is 0 Å². The van der Waals surface area contributed by atoms with Crippen LogP contribution in [0.2, 0.25) is 0 Å². The molecular formula is C29H30N4O3S. The minimum atomic E-state index is -0.386. The van der Waals surface area contributed by atoms with Crippen molar-refractivity contribution in [3.8, 4) is 5.69 Å². The summed E-state index contributed by atoms with van der Waals surface area (Å²) < 4.78 is 1.99. The largest absolute Gasteiger partial charge is 0.318 e. The first-order valence-corrected chi connectivity index (χ1v) is 13.5. The van der Waals surface area contributed by atoms with Gasteiger partial charge in [0.1, 0.15) is 0 Å². The lowest BCUT2D eigenvalue weighted by atomic mass is 9.85. The third-order valence-corrected chi connectivity index (χ3v) is 8.25. The minimum Gasteiger partial charge on any atom is -0.318 e. The van der Waals surface area contributed by atoms with E-state index in [2.05, 4.69) is 6.92 Å². The van der Waals surface area contributed by atoms with Gasteiger partial charge >= 0.3 is 0 Å². The Hall–Kier alpha value is -3.65. The Morgan fingerprint density at radius 1 is 1.05 bits per heavy atom. The lowest BCUT2D eigenvalue weighted by Gasteiger charge is -2.35. The number of amides is 1. The monoisotopic (exact) mass is 514 g/mol. The molecule has 0 bridgehead atoms. The highest BCUT2D eigenvalue weighted by Gasteiger charge is 2.41. The average molecular weight is 515 g/mol. The number of para-hydroxylation sites is 1. The third-order valence-electron chi connectivity index (χ3n) is 7.27. The van der Waals surface area contributed by atoms with Crippen molar-refractivity contribution in [1.82, 2.24) is 9.47 Å². The number of nitro benzene ring substituents is 1. The number of nitrogens with zero attached hydrogens (tertiary/aromatic N) is 4. The van der Waals surface area contributed by atoms with Crippen LogP contribution in [-0.4, -0.2) is 31.5 Å². The highest BCUT2D eigenvalue weighted by molar-refractivity contribution is 8.18. The molecule has 1 aliphatic carbocycles. The summed E-state index contributed by atoms with van der Waals surface area (Å²) in [5.74, 6) is 0.413. The van der Waals surface area contributed by atoms with Crippen molar-refractivity contribution in [3.05, 3.63) is 92.6 Å². The zero-order valence-electron chi connectivity index (χ0n) is 21.3. The summed E-state index contributed by atoms with van der Waals surface area (Å²) in [4.78, 5) is 32.2. The molecule has 2 aliphatic rings. The second-order valence-electron chi connectivity index (χ2n) is 9.78. The van der Waals surface area contributed by atoms with Crippen LogP contribution in [0.1, 0.15) is 49.6 Å². The summed E-state index contributed by atoms with van der Waals surface area (Å²) in [6.45, 7) is 6.17. The number of aromatic nitrogens is 1. The standard InChI is InChI=1S/C29H30N4O3S/c1-19-10-7-8-15-26(19)32-28(34)27(37-29(32)30-23-11-5-4-6-12-23)17-22-16-20(2)31(21(22)3)24-13-9-14-25(18-24)33(35)36/h4-6,9,11-14,16-19,26H,7-8,10,15H2,1-3H3/b27-17-,30-29?/t19-,26-/m0/s1. The molecule has 2 fully saturated rings. The molecule has 7 nitrogen and oxygen atoms in total. The lowest BCUT2D eigenvalue weighted by Crippen LogP contribution is -2.44. The van der Waals surface area contributed by atoms with Crippen molar-refractivity contribution in [2.24, 2.45) is 10.9 Å². The van der Waals surface area contributed by atoms with Gasteiger partial charge in [-0.1, -0.05) is 44.0 Å².